The molecule has 0 amide bonds. The van der Waals surface area contributed by atoms with Crippen LogP contribution >= 0.6 is 7.92 Å². The first-order valence-electron chi connectivity index (χ1n) is 9.41. The minimum atomic E-state index is -0.644. The summed E-state index contributed by atoms with van der Waals surface area (Å²) in [6, 6.07) is 38.5. The summed E-state index contributed by atoms with van der Waals surface area (Å²) in [6.07, 6.45) is 2.00. The van der Waals surface area contributed by atoms with E-state index in [1.165, 1.54) is 27.0 Å². The predicted molar refractivity (Wildman–Crippen MR) is 124 cm³/mol. The highest BCUT2D eigenvalue weighted by Gasteiger charge is 2.18. The van der Waals surface area contributed by atoms with Crippen LogP contribution in [0.15, 0.2) is 114 Å². The lowest BCUT2D eigenvalue weighted by Crippen LogP contribution is -2.23. The molecule has 136 valence electrons. The molecule has 0 aliphatic rings. The van der Waals surface area contributed by atoms with E-state index in [0.29, 0.717) is 0 Å². The summed E-state index contributed by atoms with van der Waals surface area (Å²) in [5, 5.41) is 4.02. The van der Waals surface area contributed by atoms with E-state index in [1.807, 2.05) is 6.21 Å². The van der Waals surface area contributed by atoms with Gasteiger partial charge in [-0.1, -0.05) is 103 Å². The summed E-state index contributed by atoms with van der Waals surface area (Å²) in [5.41, 5.74) is 3.39. The average molecular weight is 379 g/mol. The molecule has 1 nitrogen and oxygen atoms in total. The Morgan fingerprint density at radius 3 is 1.75 bits per heavy atom. The Bertz CT molecular complexity index is 1010. The summed E-state index contributed by atoms with van der Waals surface area (Å²) in [6.45, 7) is 2.09. The Morgan fingerprint density at radius 2 is 1.14 bits per heavy atom. The molecule has 0 radical (unpaired) electrons. The third-order valence-corrected chi connectivity index (χ3v) is 7.11. The van der Waals surface area contributed by atoms with Gasteiger partial charge in [0.1, 0.15) is 0 Å². The molecule has 0 heterocycles. The van der Waals surface area contributed by atoms with Crippen LogP contribution in [-0.4, -0.2) is 6.21 Å². The fourth-order valence-corrected chi connectivity index (χ4v) is 5.58. The van der Waals surface area contributed by atoms with Crippen molar-refractivity contribution < 1.29 is 0 Å². The second kappa shape index (κ2) is 8.78. The van der Waals surface area contributed by atoms with Crippen LogP contribution in [0.25, 0.3) is 0 Å². The molecular weight excluding hydrogens is 357 g/mol. The van der Waals surface area contributed by atoms with E-state index in [2.05, 4.69) is 116 Å². The highest BCUT2D eigenvalue weighted by atomic mass is 31.1. The van der Waals surface area contributed by atoms with E-state index >= 15 is 0 Å². The standard InChI is InChI=1S/C26H22NP/c1-21-16-18-23(19-17-21)27-20-22-10-8-9-15-26(22)28(24-11-4-2-5-12-24)25-13-6-3-7-14-25/h2-20H,1H3. The number of hydrogen-bond donors (Lipinski definition) is 0. The van der Waals surface area contributed by atoms with Crippen molar-refractivity contribution in [1.29, 1.82) is 0 Å². The number of rotatable bonds is 5. The summed E-state index contributed by atoms with van der Waals surface area (Å²) in [5.74, 6) is 0. The van der Waals surface area contributed by atoms with Crippen molar-refractivity contribution in [2.24, 2.45) is 4.99 Å². The van der Waals surface area contributed by atoms with Crippen LogP contribution < -0.4 is 15.9 Å². The van der Waals surface area contributed by atoms with E-state index in [1.54, 1.807) is 0 Å². The first-order chi connectivity index (χ1) is 13.8. The van der Waals surface area contributed by atoms with Gasteiger partial charge in [0.05, 0.1) is 5.69 Å². The van der Waals surface area contributed by atoms with Gasteiger partial charge in [0.15, 0.2) is 0 Å². The van der Waals surface area contributed by atoms with Gasteiger partial charge in [0.2, 0.25) is 0 Å². The third kappa shape index (κ3) is 4.27. The Hall–Kier alpha value is -3.02. The van der Waals surface area contributed by atoms with Crippen LogP contribution in [0.2, 0.25) is 0 Å². The molecule has 0 N–H and O–H groups in total. The normalized spacial score (nSPS) is 11.2. The fourth-order valence-electron chi connectivity index (χ4n) is 3.16. The van der Waals surface area contributed by atoms with Crippen molar-refractivity contribution in [2.45, 2.75) is 6.92 Å². The molecule has 0 saturated heterocycles. The van der Waals surface area contributed by atoms with Gasteiger partial charge >= 0.3 is 0 Å². The van der Waals surface area contributed by atoms with Gasteiger partial charge in [-0.3, -0.25) is 4.99 Å². The van der Waals surface area contributed by atoms with Crippen molar-refractivity contribution in [3.63, 3.8) is 0 Å². The molecule has 0 aliphatic carbocycles. The van der Waals surface area contributed by atoms with E-state index in [-0.39, 0.29) is 0 Å². The van der Waals surface area contributed by atoms with Gasteiger partial charge < -0.3 is 0 Å². The lowest BCUT2D eigenvalue weighted by molar-refractivity contribution is 1.44. The molecule has 4 aromatic carbocycles. The number of aliphatic imine (C=N–C) groups is 1. The second-order valence-electron chi connectivity index (χ2n) is 6.66. The number of aryl methyl sites for hydroxylation is 1. The Kier molecular flexibility index (Phi) is 5.75. The van der Waals surface area contributed by atoms with Crippen LogP contribution in [-0.2, 0) is 0 Å². The molecule has 4 rings (SSSR count). The Balaban J connectivity index is 1.78. The van der Waals surface area contributed by atoms with Crippen LogP contribution in [0, 0.1) is 6.92 Å². The fraction of sp³-hybridized carbons (Fsp3) is 0.0385. The number of nitrogens with zero attached hydrogens (tertiary/aromatic N) is 1. The number of benzene rings is 4. The van der Waals surface area contributed by atoms with Gasteiger partial charge in [0, 0.05) is 11.8 Å². The summed E-state index contributed by atoms with van der Waals surface area (Å²) >= 11 is 0. The maximum absolute atomic E-state index is 4.73. The first kappa shape index (κ1) is 18.3. The van der Waals surface area contributed by atoms with Crippen LogP contribution in [0.4, 0.5) is 5.69 Å². The first-order valence-corrected chi connectivity index (χ1v) is 10.8. The van der Waals surface area contributed by atoms with Crippen LogP contribution in [0.3, 0.4) is 0 Å². The van der Waals surface area contributed by atoms with E-state index < -0.39 is 7.92 Å². The monoisotopic (exact) mass is 379 g/mol. The second-order valence-corrected chi connectivity index (χ2v) is 8.84. The molecule has 0 aromatic heterocycles. The molecule has 0 saturated carbocycles. The van der Waals surface area contributed by atoms with Crippen molar-refractivity contribution in [1.82, 2.24) is 0 Å². The maximum Gasteiger partial charge on any atom is 0.0630 e. The molecule has 0 atom stereocenters. The average Bonchev–Trinajstić information content (AvgIpc) is 2.76. The van der Waals surface area contributed by atoms with E-state index in [9.17, 15) is 0 Å². The Morgan fingerprint density at radius 1 is 0.607 bits per heavy atom. The van der Waals surface area contributed by atoms with Gasteiger partial charge in [0.25, 0.3) is 0 Å². The summed E-state index contributed by atoms with van der Waals surface area (Å²) < 4.78 is 0. The molecule has 0 fully saturated rings. The molecule has 0 spiro atoms. The van der Waals surface area contributed by atoms with Gasteiger partial charge in [-0.25, -0.2) is 0 Å². The minimum Gasteiger partial charge on any atom is -0.256 e. The quantitative estimate of drug-likeness (QED) is 0.321. The zero-order valence-corrected chi connectivity index (χ0v) is 16.8. The highest BCUT2D eigenvalue weighted by molar-refractivity contribution is 7.80. The molecular formula is C26H22NP. The van der Waals surface area contributed by atoms with Crippen LogP contribution in [0.1, 0.15) is 11.1 Å². The zero-order valence-electron chi connectivity index (χ0n) is 15.9. The van der Waals surface area contributed by atoms with E-state index in [0.717, 1.165) is 5.69 Å². The largest absolute Gasteiger partial charge is 0.256 e. The number of hydrogen-bond acceptors (Lipinski definition) is 1. The van der Waals surface area contributed by atoms with Crippen LogP contribution in [0.5, 0.6) is 0 Å². The molecule has 0 bridgehead atoms. The summed E-state index contributed by atoms with van der Waals surface area (Å²) in [7, 11) is -0.644. The van der Waals surface area contributed by atoms with E-state index in [4.69, 9.17) is 4.99 Å². The maximum atomic E-state index is 4.73. The van der Waals surface area contributed by atoms with Crippen molar-refractivity contribution in [3.8, 4) is 0 Å². The topological polar surface area (TPSA) is 12.4 Å². The van der Waals surface area contributed by atoms with Gasteiger partial charge in [-0.05, 0) is 42.9 Å². The SMILES string of the molecule is Cc1ccc(N=Cc2ccccc2P(c2ccccc2)c2ccccc2)cc1. The molecule has 2 heteroatoms. The highest BCUT2D eigenvalue weighted by Crippen LogP contribution is 2.33. The predicted octanol–water partition coefficient (Wildman–Crippen LogP) is 5.50. The van der Waals surface area contributed by atoms with Gasteiger partial charge in [-0.15, -0.1) is 0 Å². The minimum absolute atomic E-state index is 0.644. The molecule has 4 aromatic rings. The molecule has 0 unspecified atom stereocenters. The van der Waals surface area contributed by atoms with Gasteiger partial charge in [-0.2, -0.15) is 0 Å². The van der Waals surface area contributed by atoms with Crippen molar-refractivity contribution in [2.75, 3.05) is 0 Å². The lowest BCUT2D eigenvalue weighted by atomic mass is 10.2. The molecule has 28 heavy (non-hydrogen) atoms. The smallest absolute Gasteiger partial charge is 0.0630 e. The summed E-state index contributed by atoms with van der Waals surface area (Å²) in [4.78, 5) is 4.73. The zero-order chi connectivity index (χ0) is 19.2. The molecule has 0 aliphatic heterocycles. The lowest BCUT2D eigenvalue weighted by Gasteiger charge is -2.21. The third-order valence-electron chi connectivity index (χ3n) is 4.59. The van der Waals surface area contributed by atoms with Crippen molar-refractivity contribution in [3.05, 3.63) is 120 Å². The van der Waals surface area contributed by atoms with Crippen molar-refractivity contribution >= 4 is 35.7 Å². The Labute approximate surface area is 168 Å².